The highest BCUT2D eigenvalue weighted by molar-refractivity contribution is 9.10. The van der Waals surface area contributed by atoms with Gasteiger partial charge in [-0.05, 0) is 72.6 Å². The van der Waals surface area contributed by atoms with Gasteiger partial charge in [-0.1, -0.05) is 48.8 Å². The molecule has 4 heteroatoms. The van der Waals surface area contributed by atoms with E-state index >= 15 is 0 Å². The molecule has 1 aliphatic rings. The van der Waals surface area contributed by atoms with Crippen LogP contribution >= 0.6 is 15.9 Å². The lowest BCUT2D eigenvalue weighted by atomic mass is 9.90. The fourth-order valence-electron chi connectivity index (χ4n) is 4.00. The van der Waals surface area contributed by atoms with Crippen LogP contribution in [-0.2, 0) is 17.8 Å². The topological polar surface area (TPSA) is 32.3 Å². The minimum atomic E-state index is -0.0123. The minimum absolute atomic E-state index is 0.0123. The number of amides is 1. The minimum Gasteiger partial charge on any atom is -0.367 e. The van der Waals surface area contributed by atoms with Gasteiger partial charge in [0.15, 0.2) is 0 Å². The highest BCUT2D eigenvalue weighted by Crippen LogP contribution is 2.37. The summed E-state index contributed by atoms with van der Waals surface area (Å²) in [6.07, 6.45) is 2.74. The maximum Gasteiger partial charge on any atom is 0.224 e. The van der Waals surface area contributed by atoms with Gasteiger partial charge in [-0.25, -0.2) is 0 Å². The van der Waals surface area contributed by atoms with Crippen LogP contribution in [0.1, 0.15) is 55.9 Å². The van der Waals surface area contributed by atoms with Crippen LogP contribution in [-0.4, -0.2) is 12.5 Å². The normalized spacial score (nSPS) is 14.0. The number of nitrogens with zero attached hydrogens (tertiary/aromatic N) is 1. The van der Waals surface area contributed by atoms with Crippen molar-refractivity contribution in [1.29, 1.82) is 0 Å². The molecule has 0 spiro atoms. The molecule has 0 aliphatic carbocycles. The molecule has 2 aromatic carbocycles. The summed E-state index contributed by atoms with van der Waals surface area (Å²) in [6.45, 7) is 12.5. The maximum atomic E-state index is 12.5. The summed E-state index contributed by atoms with van der Waals surface area (Å²) in [4.78, 5) is 15.0. The van der Waals surface area contributed by atoms with Crippen LogP contribution in [0.2, 0.25) is 0 Å². The number of anilines is 2. The first-order chi connectivity index (χ1) is 13.1. The number of halogens is 1. The molecule has 0 aromatic heterocycles. The van der Waals surface area contributed by atoms with Crippen molar-refractivity contribution in [3.63, 3.8) is 0 Å². The third-order valence-corrected chi connectivity index (χ3v) is 5.85. The lowest BCUT2D eigenvalue weighted by Crippen LogP contribution is -2.30. The Labute approximate surface area is 177 Å². The highest BCUT2D eigenvalue weighted by atomic mass is 79.9. The van der Waals surface area contributed by atoms with Gasteiger partial charge in [-0.15, -0.1) is 0 Å². The van der Waals surface area contributed by atoms with Crippen molar-refractivity contribution in [2.45, 2.75) is 60.4 Å². The molecule has 0 fully saturated rings. The number of carbonyl (C=O) groups excluding carboxylic acids is 1. The zero-order chi connectivity index (χ0) is 20.5. The number of carbonyl (C=O) groups is 1. The van der Waals surface area contributed by atoms with Gasteiger partial charge < -0.3 is 10.2 Å². The van der Waals surface area contributed by atoms with E-state index in [2.05, 4.69) is 91.1 Å². The van der Waals surface area contributed by atoms with Gasteiger partial charge >= 0.3 is 0 Å². The van der Waals surface area contributed by atoms with E-state index in [1.54, 1.807) is 0 Å². The molecule has 2 aromatic rings. The Hall–Kier alpha value is -1.81. The SMILES string of the molecule is Cc1cc2c(c(C)c1NC(=O)CC(C)(C)C)CCCN2Cc1ccc(Br)cc1. The summed E-state index contributed by atoms with van der Waals surface area (Å²) >= 11 is 3.51. The van der Waals surface area contributed by atoms with E-state index in [0.717, 1.165) is 41.7 Å². The second kappa shape index (κ2) is 8.28. The number of hydrogen-bond acceptors (Lipinski definition) is 2. The lowest BCUT2D eigenvalue weighted by Gasteiger charge is -2.34. The highest BCUT2D eigenvalue weighted by Gasteiger charge is 2.23. The van der Waals surface area contributed by atoms with E-state index in [0.29, 0.717) is 6.42 Å². The summed E-state index contributed by atoms with van der Waals surface area (Å²) in [7, 11) is 0. The average molecular weight is 443 g/mol. The van der Waals surface area contributed by atoms with Crippen molar-refractivity contribution < 1.29 is 4.79 Å². The first kappa shape index (κ1) is 20.9. The molecule has 28 heavy (non-hydrogen) atoms. The van der Waals surface area contributed by atoms with Gasteiger partial charge in [-0.3, -0.25) is 4.79 Å². The molecule has 3 nitrogen and oxygen atoms in total. The zero-order valence-electron chi connectivity index (χ0n) is 17.7. The summed E-state index contributed by atoms with van der Waals surface area (Å²) in [5, 5.41) is 3.19. The van der Waals surface area contributed by atoms with E-state index in [1.807, 2.05) is 0 Å². The first-order valence-electron chi connectivity index (χ1n) is 10.1. The molecule has 1 heterocycles. The van der Waals surface area contributed by atoms with E-state index in [9.17, 15) is 4.79 Å². The molecule has 1 N–H and O–H groups in total. The average Bonchev–Trinajstić information content (AvgIpc) is 2.60. The number of aryl methyl sites for hydroxylation is 1. The molecule has 0 unspecified atom stereocenters. The van der Waals surface area contributed by atoms with Crippen molar-refractivity contribution in [2.24, 2.45) is 5.41 Å². The Morgan fingerprint density at radius 2 is 1.86 bits per heavy atom. The van der Waals surface area contributed by atoms with Gasteiger partial charge in [0.2, 0.25) is 5.91 Å². The van der Waals surface area contributed by atoms with Crippen molar-refractivity contribution in [3.8, 4) is 0 Å². The zero-order valence-corrected chi connectivity index (χ0v) is 19.2. The van der Waals surface area contributed by atoms with Crippen molar-refractivity contribution >= 4 is 33.2 Å². The van der Waals surface area contributed by atoms with E-state index in [1.165, 1.54) is 22.4 Å². The molecule has 0 bridgehead atoms. The molecule has 150 valence electrons. The van der Waals surface area contributed by atoms with Crippen molar-refractivity contribution in [3.05, 3.63) is 57.1 Å². The standard InChI is InChI=1S/C24H31BrN2O/c1-16-13-21-20(17(2)23(16)26-22(28)14-24(3,4)5)7-6-12-27(21)15-18-8-10-19(25)11-9-18/h8-11,13H,6-7,12,14-15H2,1-5H3,(H,26,28). The quantitative estimate of drug-likeness (QED) is 0.594. The third kappa shape index (κ3) is 4.96. The van der Waals surface area contributed by atoms with Gasteiger partial charge in [-0.2, -0.15) is 0 Å². The molecule has 0 saturated heterocycles. The Balaban J connectivity index is 1.87. The Morgan fingerprint density at radius 3 is 2.50 bits per heavy atom. The molecule has 1 amide bonds. The van der Waals surface area contributed by atoms with Gasteiger partial charge in [0.05, 0.1) is 0 Å². The van der Waals surface area contributed by atoms with E-state index in [-0.39, 0.29) is 11.3 Å². The molecule has 0 atom stereocenters. The Morgan fingerprint density at radius 1 is 1.18 bits per heavy atom. The first-order valence-corrected chi connectivity index (χ1v) is 10.9. The fraction of sp³-hybridized carbons (Fsp3) is 0.458. The Bertz CT molecular complexity index is 866. The molecule has 0 saturated carbocycles. The number of benzene rings is 2. The molecular weight excluding hydrogens is 412 g/mol. The second-order valence-corrected chi connectivity index (χ2v) is 10.0. The lowest BCUT2D eigenvalue weighted by molar-refractivity contribution is -0.117. The van der Waals surface area contributed by atoms with Crippen LogP contribution in [0.3, 0.4) is 0 Å². The molecule has 3 rings (SSSR count). The summed E-state index contributed by atoms with van der Waals surface area (Å²) in [5.74, 6) is 0.0983. The Kier molecular flexibility index (Phi) is 6.18. The predicted molar refractivity (Wildman–Crippen MR) is 122 cm³/mol. The number of nitrogens with one attached hydrogen (secondary N) is 1. The fourth-order valence-corrected chi connectivity index (χ4v) is 4.26. The van der Waals surface area contributed by atoms with E-state index in [4.69, 9.17) is 0 Å². The number of fused-ring (bicyclic) bond motifs is 1. The van der Waals surface area contributed by atoms with Crippen LogP contribution in [0.25, 0.3) is 0 Å². The van der Waals surface area contributed by atoms with Crippen LogP contribution < -0.4 is 10.2 Å². The van der Waals surface area contributed by atoms with Crippen LogP contribution in [0, 0.1) is 19.3 Å². The van der Waals surface area contributed by atoms with E-state index < -0.39 is 0 Å². The smallest absolute Gasteiger partial charge is 0.224 e. The summed E-state index contributed by atoms with van der Waals surface area (Å²) in [6, 6.07) is 10.8. The predicted octanol–water partition coefficient (Wildman–Crippen LogP) is 6.39. The number of rotatable bonds is 4. The van der Waals surface area contributed by atoms with Gasteiger partial charge in [0.1, 0.15) is 0 Å². The largest absolute Gasteiger partial charge is 0.367 e. The maximum absolute atomic E-state index is 12.5. The van der Waals surface area contributed by atoms with Gasteiger partial charge in [0, 0.05) is 35.4 Å². The molecule has 0 radical (unpaired) electrons. The van der Waals surface area contributed by atoms with Crippen molar-refractivity contribution in [1.82, 2.24) is 0 Å². The van der Waals surface area contributed by atoms with Crippen LogP contribution in [0.4, 0.5) is 11.4 Å². The summed E-state index contributed by atoms with van der Waals surface area (Å²) in [5.41, 5.74) is 7.35. The van der Waals surface area contributed by atoms with Crippen molar-refractivity contribution in [2.75, 3.05) is 16.8 Å². The molecular formula is C24H31BrN2O. The summed E-state index contributed by atoms with van der Waals surface area (Å²) < 4.78 is 1.11. The molecule has 1 aliphatic heterocycles. The van der Waals surface area contributed by atoms with Gasteiger partial charge in [0.25, 0.3) is 0 Å². The second-order valence-electron chi connectivity index (χ2n) is 9.13. The third-order valence-electron chi connectivity index (χ3n) is 5.32. The van der Waals surface area contributed by atoms with Crippen LogP contribution in [0.5, 0.6) is 0 Å². The van der Waals surface area contributed by atoms with Crippen LogP contribution in [0.15, 0.2) is 34.8 Å². The monoisotopic (exact) mass is 442 g/mol. The number of hydrogen-bond donors (Lipinski definition) is 1.